The van der Waals surface area contributed by atoms with Crippen molar-refractivity contribution in [2.24, 2.45) is 0 Å². The van der Waals surface area contributed by atoms with Gasteiger partial charge < -0.3 is 10.1 Å². The van der Waals surface area contributed by atoms with Crippen molar-refractivity contribution in [1.82, 2.24) is 10.3 Å². The van der Waals surface area contributed by atoms with Crippen LogP contribution in [0.25, 0.3) is 0 Å². The molecule has 1 heterocycles. The Hall–Kier alpha value is -0.450. The molecular formula is C14H26N2OS. The largest absolute Gasteiger partial charge is 0.383 e. The fourth-order valence-corrected chi connectivity index (χ4v) is 2.84. The minimum absolute atomic E-state index is 0.155. The molecule has 104 valence electrons. The molecule has 0 radical (unpaired) electrons. The second kappa shape index (κ2) is 7.22. The number of hydrogen-bond acceptors (Lipinski definition) is 4. The van der Waals surface area contributed by atoms with Crippen LogP contribution in [0.2, 0.25) is 0 Å². The van der Waals surface area contributed by atoms with Gasteiger partial charge in [0.05, 0.1) is 17.3 Å². The van der Waals surface area contributed by atoms with E-state index in [0.29, 0.717) is 6.04 Å². The van der Waals surface area contributed by atoms with Crippen LogP contribution in [0.1, 0.15) is 44.8 Å². The Bertz CT molecular complexity index is 338. The van der Waals surface area contributed by atoms with E-state index in [9.17, 15) is 0 Å². The first-order chi connectivity index (χ1) is 8.47. The Morgan fingerprint density at radius 1 is 1.44 bits per heavy atom. The molecule has 0 aliphatic rings. The summed E-state index contributed by atoms with van der Waals surface area (Å²) < 4.78 is 5.22. The first-order valence-corrected chi connectivity index (χ1v) is 7.52. The van der Waals surface area contributed by atoms with E-state index in [2.05, 4.69) is 38.4 Å². The van der Waals surface area contributed by atoms with E-state index in [1.807, 2.05) is 0 Å². The third-order valence-electron chi connectivity index (χ3n) is 2.89. The van der Waals surface area contributed by atoms with Gasteiger partial charge in [-0.25, -0.2) is 4.98 Å². The Kier molecular flexibility index (Phi) is 6.26. The van der Waals surface area contributed by atoms with E-state index < -0.39 is 0 Å². The molecule has 3 nitrogen and oxygen atoms in total. The van der Waals surface area contributed by atoms with Gasteiger partial charge in [-0.15, -0.1) is 11.3 Å². The third-order valence-corrected chi connectivity index (χ3v) is 3.80. The van der Waals surface area contributed by atoms with Crippen LogP contribution in [0.4, 0.5) is 0 Å². The minimum atomic E-state index is 0.155. The van der Waals surface area contributed by atoms with Gasteiger partial charge in [0.25, 0.3) is 0 Å². The minimum Gasteiger partial charge on any atom is -0.383 e. The van der Waals surface area contributed by atoms with Gasteiger partial charge in [-0.2, -0.15) is 0 Å². The standard InChI is InChI=1S/C14H26N2OS/c1-6-15-11(9-17-5)7-8-13-16-12(10-18-13)14(2,3)4/h10-11,15H,6-9H2,1-5H3. The summed E-state index contributed by atoms with van der Waals surface area (Å²) in [6.07, 6.45) is 2.11. The summed E-state index contributed by atoms with van der Waals surface area (Å²) >= 11 is 1.77. The molecule has 1 unspecified atom stereocenters. The molecule has 0 bridgehead atoms. The van der Waals surface area contributed by atoms with Gasteiger partial charge in [0, 0.05) is 30.4 Å². The van der Waals surface area contributed by atoms with Gasteiger partial charge in [0.2, 0.25) is 0 Å². The summed E-state index contributed by atoms with van der Waals surface area (Å²) in [4.78, 5) is 4.72. The van der Waals surface area contributed by atoms with Crippen molar-refractivity contribution in [2.75, 3.05) is 20.3 Å². The van der Waals surface area contributed by atoms with Crippen molar-refractivity contribution < 1.29 is 4.74 Å². The van der Waals surface area contributed by atoms with Gasteiger partial charge >= 0.3 is 0 Å². The molecule has 1 aromatic rings. The van der Waals surface area contributed by atoms with Crippen molar-refractivity contribution in [2.45, 2.75) is 52.0 Å². The van der Waals surface area contributed by atoms with Gasteiger partial charge in [0.1, 0.15) is 0 Å². The van der Waals surface area contributed by atoms with Crippen LogP contribution < -0.4 is 5.32 Å². The summed E-state index contributed by atoms with van der Waals surface area (Å²) in [7, 11) is 1.76. The van der Waals surface area contributed by atoms with Gasteiger partial charge in [-0.1, -0.05) is 27.7 Å². The lowest BCUT2D eigenvalue weighted by Crippen LogP contribution is -2.33. The van der Waals surface area contributed by atoms with E-state index in [-0.39, 0.29) is 5.41 Å². The maximum atomic E-state index is 5.22. The highest BCUT2D eigenvalue weighted by molar-refractivity contribution is 7.09. The molecule has 1 N–H and O–H groups in total. The van der Waals surface area contributed by atoms with Gasteiger partial charge in [-0.3, -0.25) is 0 Å². The van der Waals surface area contributed by atoms with Crippen LogP contribution in [0.15, 0.2) is 5.38 Å². The second-order valence-electron chi connectivity index (χ2n) is 5.63. The summed E-state index contributed by atoms with van der Waals surface area (Å²) in [5.41, 5.74) is 1.36. The molecule has 0 aliphatic heterocycles. The molecule has 1 rings (SSSR count). The molecule has 0 saturated carbocycles. The average molecular weight is 270 g/mol. The average Bonchev–Trinajstić information content (AvgIpc) is 2.75. The van der Waals surface area contributed by atoms with Crippen LogP contribution in [0, 0.1) is 0 Å². The fourth-order valence-electron chi connectivity index (χ4n) is 1.80. The van der Waals surface area contributed by atoms with E-state index in [0.717, 1.165) is 26.0 Å². The summed E-state index contributed by atoms with van der Waals surface area (Å²) in [6, 6.07) is 0.432. The number of ether oxygens (including phenoxy) is 1. The molecule has 0 aliphatic carbocycles. The van der Waals surface area contributed by atoms with E-state index >= 15 is 0 Å². The number of aryl methyl sites for hydroxylation is 1. The molecule has 0 amide bonds. The predicted molar refractivity (Wildman–Crippen MR) is 78.5 cm³/mol. The Balaban J connectivity index is 2.49. The number of rotatable bonds is 7. The maximum Gasteiger partial charge on any atom is 0.0929 e. The number of nitrogens with one attached hydrogen (secondary N) is 1. The lowest BCUT2D eigenvalue weighted by Gasteiger charge is -2.16. The van der Waals surface area contributed by atoms with Crippen LogP contribution in [-0.2, 0) is 16.6 Å². The van der Waals surface area contributed by atoms with Crippen molar-refractivity contribution >= 4 is 11.3 Å². The SMILES string of the molecule is CCNC(CCc1nc(C(C)(C)C)cs1)COC. The zero-order valence-electron chi connectivity index (χ0n) is 12.2. The van der Waals surface area contributed by atoms with Crippen LogP contribution in [0.5, 0.6) is 0 Å². The molecule has 0 spiro atoms. The number of likely N-dealkylation sites (N-methyl/N-ethyl adjacent to an activating group) is 1. The molecule has 18 heavy (non-hydrogen) atoms. The number of thiazole rings is 1. The maximum absolute atomic E-state index is 5.22. The van der Waals surface area contributed by atoms with Crippen molar-refractivity contribution in [3.8, 4) is 0 Å². The zero-order chi connectivity index (χ0) is 13.6. The quantitative estimate of drug-likeness (QED) is 0.827. The lowest BCUT2D eigenvalue weighted by molar-refractivity contribution is 0.163. The van der Waals surface area contributed by atoms with E-state index in [4.69, 9.17) is 9.72 Å². The normalized spacial score (nSPS) is 13.8. The smallest absolute Gasteiger partial charge is 0.0929 e. The zero-order valence-corrected chi connectivity index (χ0v) is 13.1. The Morgan fingerprint density at radius 3 is 2.67 bits per heavy atom. The first-order valence-electron chi connectivity index (χ1n) is 6.64. The lowest BCUT2D eigenvalue weighted by atomic mass is 9.93. The highest BCUT2D eigenvalue weighted by Crippen LogP contribution is 2.24. The van der Waals surface area contributed by atoms with Crippen molar-refractivity contribution in [3.05, 3.63) is 16.1 Å². The molecule has 1 atom stereocenters. The number of hydrogen-bond donors (Lipinski definition) is 1. The summed E-state index contributed by atoms with van der Waals surface area (Å²) in [5, 5.41) is 6.87. The van der Waals surface area contributed by atoms with E-state index in [1.165, 1.54) is 10.7 Å². The second-order valence-corrected chi connectivity index (χ2v) is 6.57. The van der Waals surface area contributed by atoms with Crippen LogP contribution in [0.3, 0.4) is 0 Å². The van der Waals surface area contributed by atoms with E-state index in [1.54, 1.807) is 18.4 Å². The predicted octanol–water partition coefficient (Wildman–Crippen LogP) is 3.00. The third kappa shape index (κ3) is 5.04. The molecular weight excluding hydrogens is 244 g/mol. The highest BCUT2D eigenvalue weighted by atomic mass is 32.1. The summed E-state index contributed by atoms with van der Waals surface area (Å²) in [6.45, 7) is 10.5. The summed E-state index contributed by atoms with van der Waals surface area (Å²) in [5.74, 6) is 0. The van der Waals surface area contributed by atoms with Crippen molar-refractivity contribution in [3.63, 3.8) is 0 Å². The molecule has 0 fully saturated rings. The van der Waals surface area contributed by atoms with Crippen LogP contribution in [-0.4, -0.2) is 31.3 Å². The first kappa shape index (κ1) is 15.6. The topological polar surface area (TPSA) is 34.2 Å². The van der Waals surface area contributed by atoms with Crippen LogP contribution >= 0.6 is 11.3 Å². The molecule has 0 aromatic carbocycles. The van der Waals surface area contributed by atoms with Crippen molar-refractivity contribution in [1.29, 1.82) is 0 Å². The monoisotopic (exact) mass is 270 g/mol. The molecule has 0 saturated heterocycles. The van der Waals surface area contributed by atoms with Gasteiger partial charge in [0.15, 0.2) is 0 Å². The number of aromatic nitrogens is 1. The molecule has 4 heteroatoms. The van der Waals surface area contributed by atoms with Gasteiger partial charge in [-0.05, 0) is 13.0 Å². The Labute approximate surface area is 115 Å². The molecule has 1 aromatic heterocycles. The number of nitrogens with zero attached hydrogens (tertiary/aromatic N) is 1. The highest BCUT2D eigenvalue weighted by Gasteiger charge is 2.17. The Morgan fingerprint density at radius 2 is 2.17 bits per heavy atom. The number of methoxy groups -OCH3 is 1. The fraction of sp³-hybridized carbons (Fsp3) is 0.786.